The van der Waals surface area contributed by atoms with Gasteiger partial charge in [-0.2, -0.15) is 0 Å². The van der Waals surface area contributed by atoms with Crippen molar-refractivity contribution in [1.82, 2.24) is 0 Å². The van der Waals surface area contributed by atoms with Crippen molar-refractivity contribution in [3.63, 3.8) is 0 Å². The van der Waals surface area contributed by atoms with E-state index in [4.69, 9.17) is 0 Å². The first-order valence-electron chi connectivity index (χ1n) is 5.78. The average molecular weight is 231 g/mol. The molecule has 0 amide bonds. The van der Waals surface area contributed by atoms with Crippen LogP contribution in [0.4, 0.5) is 11.4 Å². The Hall–Kier alpha value is -1.32. The van der Waals surface area contributed by atoms with Crippen LogP contribution in [-0.4, -0.2) is 40.7 Å². The Labute approximate surface area is 106 Å². The van der Waals surface area contributed by atoms with Gasteiger partial charge in [-0.25, -0.2) is 0 Å². The smallest absolute Gasteiger partial charge is 0.120 e. The van der Waals surface area contributed by atoms with E-state index in [-0.39, 0.29) is 8.41 Å². The van der Waals surface area contributed by atoms with Gasteiger partial charge in [0.25, 0.3) is 0 Å². The van der Waals surface area contributed by atoms with Crippen LogP contribution in [0.3, 0.4) is 0 Å². The molecule has 3 radical (unpaired) electrons. The number of nitrogens with zero attached hydrogens (tertiary/aromatic N) is 2. The van der Waals surface area contributed by atoms with Crippen molar-refractivity contribution < 1.29 is 5.11 Å². The summed E-state index contributed by atoms with van der Waals surface area (Å²) in [6.45, 7) is 6.18. The maximum atomic E-state index is 9.91. The first kappa shape index (κ1) is 13.7. The number of hydrogen-bond acceptors (Lipinski definition) is 3. The number of hydrogen-bond donors (Lipinski definition) is 1. The summed E-state index contributed by atoms with van der Waals surface area (Å²) in [7, 11) is 4.22. The highest BCUT2D eigenvalue weighted by Gasteiger charge is 2.20. The number of phenols is 1. The summed E-state index contributed by atoms with van der Waals surface area (Å²) in [5, 5.41) is 9.91. The highest BCUT2D eigenvalue weighted by atomic mass is 16.3. The molecule has 1 aliphatic rings. The molecule has 1 aromatic rings. The third-order valence-electron chi connectivity index (χ3n) is 3.60. The molecule has 4 heteroatoms. The molecule has 0 fully saturated rings. The molecular weight excluding hydrogens is 211 g/mol. The van der Waals surface area contributed by atoms with Crippen molar-refractivity contribution in [3.8, 4) is 5.75 Å². The summed E-state index contributed by atoms with van der Waals surface area (Å²) in [6.07, 6.45) is 1.15. The molecular formula is C13H20BN2O. The van der Waals surface area contributed by atoms with Gasteiger partial charge in [-0.05, 0) is 31.4 Å². The van der Waals surface area contributed by atoms with Crippen LogP contribution in [0, 0.1) is 13.8 Å². The van der Waals surface area contributed by atoms with Gasteiger partial charge in [-0.1, -0.05) is 0 Å². The van der Waals surface area contributed by atoms with Gasteiger partial charge in [0.05, 0.1) is 11.4 Å². The summed E-state index contributed by atoms with van der Waals surface area (Å²) < 4.78 is 0. The van der Waals surface area contributed by atoms with Gasteiger partial charge in [-0.15, -0.1) is 0 Å². The van der Waals surface area contributed by atoms with Gasteiger partial charge >= 0.3 is 0 Å². The molecule has 1 aromatic carbocycles. The maximum Gasteiger partial charge on any atom is 0.120 e. The molecule has 0 aromatic heterocycles. The minimum atomic E-state index is 0. The fraction of sp³-hybridized carbons (Fsp3) is 0.538. The Morgan fingerprint density at radius 2 is 1.65 bits per heavy atom. The zero-order valence-electron chi connectivity index (χ0n) is 11.1. The van der Waals surface area contributed by atoms with Crippen LogP contribution in [0.2, 0.25) is 0 Å². The first-order valence-corrected chi connectivity index (χ1v) is 5.78. The zero-order valence-corrected chi connectivity index (χ0v) is 11.1. The highest BCUT2D eigenvalue weighted by molar-refractivity contribution is 5.78. The van der Waals surface area contributed by atoms with Crippen LogP contribution in [-0.2, 0) is 0 Å². The molecule has 91 valence electrons. The largest absolute Gasteiger partial charge is 0.508 e. The van der Waals surface area contributed by atoms with Gasteiger partial charge < -0.3 is 14.9 Å². The number of rotatable bonds is 0. The SMILES string of the molecule is Cc1c(O)cc2c(c1C)N(C)CCCN2C.[B]. The fourth-order valence-electron chi connectivity index (χ4n) is 2.42. The van der Waals surface area contributed by atoms with Crippen LogP contribution in [0.5, 0.6) is 5.75 Å². The predicted molar refractivity (Wildman–Crippen MR) is 74.5 cm³/mol. The molecule has 2 rings (SSSR count). The molecule has 3 nitrogen and oxygen atoms in total. The van der Waals surface area contributed by atoms with E-state index in [1.807, 2.05) is 13.0 Å². The lowest BCUT2D eigenvalue weighted by Gasteiger charge is -2.26. The van der Waals surface area contributed by atoms with E-state index in [0.717, 1.165) is 30.8 Å². The van der Waals surface area contributed by atoms with Gasteiger partial charge in [-0.3, -0.25) is 0 Å². The lowest BCUT2D eigenvalue weighted by atomic mass is 10.0. The zero-order chi connectivity index (χ0) is 11.9. The minimum Gasteiger partial charge on any atom is -0.508 e. The van der Waals surface area contributed by atoms with E-state index in [1.54, 1.807) is 0 Å². The summed E-state index contributed by atoms with van der Waals surface area (Å²) in [6, 6.07) is 1.89. The Morgan fingerprint density at radius 3 is 2.29 bits per heavy atom. The third-order valence-corrected chi connectivity index (χ3v) is 3.60. The molecule has 1 heterocycles. The van der Waals surface area contributed by atoms with Crippen molar-refractivity contribution in [2.24, 2.45) is 0 Å². The Balaban J connectivity index is 0.00000144. The van der Waals surface area contributed by atoms with Crippen LogP contribution in [0.15, 0.2) is 6.07 Å². The second-order valence-electron chi connectivity index (χ2n) is 4.71. The molecule has 0 unspecified atom stereocenters. The van der Waals surface area contributed by atoms with E-state index in [0.29, 0.717) is 5.75 Å². The molecule has 0 bridgehead atoms. The van der Waals surface area contributed by atoms with E-state index < -0.39 is 0 Å². The second-order valence-corrected chi connectivity index (χ2v) is 4.71. The molecule has 0 saturated carbocycles. The summed E-state index contributed by atoms with van der Waals surface area (Å²) in [5.74, 6) is 0.401. The van der Waals surface area contributed by atoms with E-state index in [2.05, 4.69) is 30.8 Å². The molecule has 1 aliphatic heterocycles. The third kappa shape index (κ3) is 2.21. The minimum absolute atomic E-state index is 0. The summed E-state index contributed by atoms with van der Waals surface area (Å²) in [4.78, 5) is 4.52. The standard InChI is InChI=1S/C13H20N2O.B/c1-9-10(2)13-11(8-12(9)16)14(3)6-5-7-15(13)4;/h8,16H,5-7H2,1-4H3;. The highest BCUT2D eigenvalue weighted by Crippen LogP contribution is 2.39. The predicted octanol–water partition coefficient (Wildman–Crippen LogP) is 1.90. The monoisotopic (exact) mass is 231 g/mol. The van der Waals surface area contributed by atoms with E-state index in [1.165, 1.54) is 11.3 Å². The van der Waals surface area contributed by atoms with Crippen LogP contribution < -0.4 is 9.80 Å². The fourth-order valence-corrected chi connectivity index (χ4v) is 2.42. The Morgan fingerprint density at radius 1 is 1.06 bits per heavy atom. The van der Waals surface area contributed by atoms with Gasteiger partial charge in [0.1, 0.15) is 5.75 Å². The van der Waals surface area contributed by atoms with Crippen LogP contribution in [0.25, 0.3) is 0 Å². The topological polar surface area (TPSA) is 26.7 Å². The van der Waals surface area contributed by atoms with Crippen molar-refractivity contribution in [2.75, 3.05) is 37.0 Å². The number of anilines is 2. The first-order chi connectivity index (χ1) is 7.52. The Bertz CT molecular complexity index is 420. The summed E-state index contributed by atoms with van der Waals surface area (Å²) >= 11 is 0. The number of aromatic hydroxyl groups is 1. The number of benzene rings is 1. The Kier molecular flexibility index (Phi) is 3.96. The quantitative estimate of drug-likeness (QED) is 0.691. The second kappa shape index (κ2) is 4.90. The number of fused-ring (bicyclic) bond motifs is 1. The van der Waals surface area contributed by atoms with Crippen LogP contribution in [0.1, 0.15) is 17.5 Å². The normalized spacial score (nSPS) is 15.1. The lowest BCUT2D eigenvalue weighted by Crippen LogP contribution is -2.18. The molecule has 0 atom stereocenters. The summed E-state index contributed by atoms with van der Waals surface area (Å²) in [5.41, 5.74) is 4.57. The molecule has 17 heavy (non-hydrogen) atoms. The molecule has 0 saturated heterocycles. The average Bonchev–Trinajstić information content (AvgIpc) is 2.36. The molecule has 0 aliphatic carbocycles. The maximum absolute atomic E-state index is 9.91. The van der Waals surface area contributed by atoms with E-state index >= 15 is 0 Å². The van der Waals surface area contributed by atoms with Crippen molar-refractivity contribution in [3.05, 3.63) is 17.2 Å². The van der Waals surface area contributed by atoms with Crippen molar-refractivity contribution >= 4 is 19.8 Å². The van der Waals surface area contributed by atoms with Gasteiger partial charge in [0.2, 0.25) is 0 Å². The van der Waals surface area contributed by atoms with Crippen molar-refractivity contribution in [1.29, 1.82) is 0 Å². The number of phenolic OH excluding ortho intramolecular Hbond substituents is 1. The van der Waals surface area contributed by atoms with Gasteiger partial charge in [0.15, 0.2) is 0 Å². The molecule has 1 N–H and O–H groups in total. The van der Waals surface area contributed by atoms with Gasteiger partial charge in [0, 0.05) is 41.7 Å². The lowest BCUT2D eigenvalue weighted by molar-refractivity contribution is 0.470. The molecule has 0 spiro atoms. The van der Waals surface area contributed by atoms with E-state index in [9.17, 15) is 5.11 Å². The van der Waals surface area contributed by atoms with Crippen LogP contribution >= 0.6 is 0 Å². The van der Waals surface area contributed by atoms with Crippen molar-refractivity contribution in [2.45, 2.75) is 20.3 Å².